The first-order valence-corrected chi connectivity index (χ1v) is 7.97. The summed E-state index contributed by atoms with van der Waals surface area (Å²) in [5.41, 5.74) is -1.64. The van der Waals surface area contributed by atoms with Crippen LogP contribution in [-0.2, 0) is 4.74 Å². The minimum atomic E-state index is -1.09. The van der Waals surface area contributed by atoms with E-state index in [2.05, 4.69) is 5.32 Å². The zero-order valence-electron chi connectivity index (χ0n) is 14.2. The molecule has 134 valence electrons. The molecule has 5 nitrogen and oxygen atoms in total. The second-order valence-corrected chi connectivity index (χ2v) is 7.17. The molecule has 0 radical (unpaired) electrons. The van der Waals surface area contributed by atoms with Gasteiger partial charge in [0.15, 0.2) is 0 Å². The number of aliphatic hydroxyl groups is 1. The highest BCUT2D eigenvalue weighted by Gasteiger charge is 2.35. The van der Waals surface area contributed by atoms with Crippen molar-refractivity contribution in [3.8, 4) is 0 Å². The molecule has 7 heteroatoms. The van der Waals surface area contributed by atoms with Crippen LogP contribution in [0.2, 0.25) is 0 Å². The van der Waals surface area contributed by atoms with Crippen molar-refractivity contribution in [1.82, 2.24) is 4.90 Å². The molecule has 0 atom stereocenters. The largest absolute Gasteiger partial charge is 0.444 e. The van der Waals surface area contributed by atoms with E-state index in [0.29, 0.717) is 25.9 Å². The number of nitrogens with one attached hydrogen (secondary N) is 1. The molecule has 2 N–H and O–H groups in total. The number of carbonyl (C=O) groups is 1. The number of carbonyl (C=O) groups excluding carboxylic acids is 1. The smallest absolute Gasteiger partial charge is 0.410 e. The Morgan fingerprint density at radius 1 is 1.33 bits per heavy atom. The van der Waals surface area contributed by atoms with Gasteiger partial charge in [0.2, 0.25) is 0 Å². The molecular formula is C17H24F2N2O3. The van der Waals surface area contributed by atoms with E-state index in [0.717, 1.165) is 18.2 Å². The molecule has 1 aliphatic heterocycles. The maximum Gasteiger partial charge on any atom is 0.410 e. The van der Waals surface area contributed by atoms with Crippen LogP contribution in [0.1, 0.15) is 33.6 Å². The minimum Gasteiger partial charge on any atom is -0.444 e. The fraction of sp³-hybridized carbons (Fsp3) is 0.588. The molecule has 1 aliphatic rings. The Balaban J connectivity index is 1.88. The van der Waals surface area contributed by atoms with Crippen LogP contribution in [0.15, 0.2) is 18.2 Å². The lowest BCUT2D eigenvalue weighted by molar-refractivity contribution is -0.0245. The molecule has 1 amide bonds. The molecule has 0 saturated carbocycles. The summed E-state index contributed by atoms with van der Waals surface area (Å²) >= 11 is 0. The van der Waals surface area contributed by atoms with Crippen LogP contribution in [0.5, 0.6) is 0 Å². The lowest BCUT2D eigenvalue weighted by Crippen LogP contribution is -2.50. The summed E-state index contributed by atoms with van der Waals surface area (Å²) in [7, 11) is 0. The van der Waals surface area contributed by atoms with E-state index in [1.54, 1.807) is 25.7 Å². The van der Waals surface area contributed by atoms with Crippen molar-refractivity contribution < 1.29 is 23.4 Å². The van der Waals surface area contributed by atoms with E-state index in [1.807, 2.05) is 0 Å². The lowest BCUT2D eigenvalue weighted by Gasteiger charge is -2.38. The molecule has 0 aliphatic carbocycles. The van der Waals surface area contributed by atoms with Crippen LogP contribution in [0, 0.1) is 11.6 Å². The maximum atomic E-state index is 13.6. The number of anilines is 1. The van der Waals surface area contributed by atoms with Crippen molar-refractivity contribution in [2.24, 2.45) is 0 Å². The number of hydrogen-bond acceptors (Lipinski definition) is 4. The van der Waals surface area contributed by atoms with Crippen molar-refractivity contribution in [3.05, 3.63) is 29.8 Å². The van der Waals surface area contributed by atoms with E-state index >= 15 is 0 Å². The lowest BCUT2D eigenvalue weighted by atomic mass is 9.91. The SMILES string of the molecule is CC(C)(C)OC(=O)N1CCC(O)(CNc2cc(F)ccc2F)CC1. The maximum absolute atomic E-state index is 13.6. The van der Waals surface area contributed by atoms with E-state index in [9.17, 15) is 18.7 Å². The first kappa shape index (κ1) is 18.4. The van der Waals surface area contributed by atoms with Gasteiger partial charge in [-0.25, -0.2) is 13.6 Å². The first-order chi connectivity index (χ1) is 11.1. The zero-order chi connectivity index (χ0) is 18.0. The molecule has 0 bridgehead atoms. The van der Waals surface area contributed by atoms with Crippen LogP contribution >= 0.6 is 0 Å². The van der Waals surface area contributed by atoms with Gasteiger partial charge in [0.25, 0.3) is 0 Å². The molecule has 0 unspecified atom stereocenters. The number of piperidine rings is 1. The molecule has 1 aromatic rings. The highest BCUT2D eigenvalue weighted by Crippen LogP contribution is 2.25. The van der Waals surface area contributed by atoms with Gasteiger partial charge in [0, 0.05) is 19.6 Å². The molecule has 0 spiro atoms. The summed E-state index contributed by atoms with van der Waals surface area (Å²) in [6.45, 7) is 6.15. The molecule has 0 aromatic heterocycles. The molecule has 1 aromatic carbocycles. The Kier molecular flexibility index (Phi) is 5.32. The summed E-state index contributed by atoms with van der Waals surface area (Å²) < 4.78 is 32.1. The highest BCUT2D eigenvalue weighted by atomic mass is 19.1. The molecule has 2 rings (SSSR count). The zero-order valence-corrected chi connectivity index (χ0v) is 14.2. The van der Waals surface area contributed by atoms with Gasteiger partial charge in [-0.15, -0.1) is 0 Å². The molecule has 1 saturated heterocycles. The van der Waals surface area contributed by atoms with Crippen molar-refractivity contribution >= 4 is 11.8 Å². The number of amides is 1. The second-order valence-electron chi connectivity index (χ2n) is 7.17. The minimum absolute atomic E-state index is 0.0120. The van der Waals surface area contributed by atoms with Crippen molar-refractivity contribution in [2.45, 2.75) is 44.8 Å². The number of benzene rings is 1. The van der Waals surface area contributed by atoms with Gasteiger partial charge in [-0.05, 0) is 51.8 Å². The van der Waals surface area contributed by atoms with Crippen molar-refractivity contribution in [3.63, 3.8) is 0 Å². The number of hydrogen-bond donors (Lipinski definition) is 2. The van der Waals surface area contributed by atoms with E-state index in [4.69, 9.17) is 4.74 Å². The Morgan fingerprint density at radius 3 is 2.54 bits per heavy atom. The third-order valence-electron chi connectivity index (χ3n) is 3.88. The Hall–Kier alpha value is -1.89. The van der Waals surface area contributed by atoms with Gasteiger partial charge >= 0.3 is 6.09 Å². The van der Waals surface area contributed by atoms with Crippen LogP contribution in [-0.4, -0.2) is 46.9 Å². The van der Waals surface area contributed by atoms with Gasteiger partial charge in [-0.2, -0.15) is 0 Å². The van der Waals surface area contributed by atoms with Crippen LogP contribution < -0.4 is 5.32 Å². The molecule has 1 heterocycles. The third-order valence-corrected chi connectivity index (χ3v) is 3.88. The van der Waals surface area contributed by atoms with Gasteiger partial charge in [-0.1, -0.05) is 0 Å². The number of ether oxygens (including phenoxy) is 1. The summed E-state index contributed by atoms with van der Waals surface area (Å²) in [4.78, 5) is 13.5. The van der Waals surface area contributed by atoms with Crippen LogP contribution in [0.3, 0.4) is 0 Å². The Labute approximate surface area is 140 Å². The average Bonchev–Trinajstić information content (AvgIpc) is 2.47. The number of likely N-dealkylation sites (tertiary alicyclic amines) is 1. The molecule has 24 heavy (non-hydrogen) atoms. The summed E-state index contributed by atoms with van der Waals surface area (Å²) in [5, 5.41) is 13.3. The van der Waals surface area contributed by atoms with Gasteiger partial charge in [0.05, 0.1) is 11.3 Å². The number of halogens is 2. The molecule has 1 fully saturated rings. The van der Waals surface area contributed by atoms with Gasteiger partial charge in [-0.3, -0.25) is 0 Å². The van der Waals surface area contributed by atoms with Crippen LogP contribution in [0.25, 0.3) is 0 Å². The standard InChI is InChI=1S/C17H24F2N2O3/c1-16(2,3)24-15(22)21-8-6-17(23,7-9-21)11-20-14-10-12(18)4-5-13(14)19/h4-5,10,20,23H,6-9,11H2,1-3H3. The predicted octanol–water partition coefficient (Wildman–Crippen LogP) is 3.14. The second kappa shape index (κ2) is 6.93. The normalized spacial score (nSPS) is 17.5. The Morgan fingerprint density at radius 2 is 1.96 bits per heavy atom. The van der Waals surface area contributed by atoms with Crippen molar-refractivity contribution in [2.75, 3.05) is 25.0 Å². The van der Waals surface area contributed by atoms with E-state index < -0.39 is 28.9 Å². The average molecular weight is 342 g/mol. The monoisotopic (exact) mass is 342 g/mol. The van der Waals surface area contributed by atoms with E-state index in [-0.39, 0.29) is 12.2 Å². The van der Waals surface area contributed by atoms with Crippen molar-refractivity contribution in [1.29, 1.82) is 0 Å². The Bertz CT molecular complexity index is 594. The highest BCUT2D eigenvalue weighted by molar-refractivity contribution is 5.68. The molecular weight excluding hydrogens is 318 g/mol. The number of nitrogens with zero attached hydrogens (tertiary/aromatic N) is 1. The van der Waals surface area contributed by atoms with E-state index in [1.165, 1.54) is 0 Å². The number of rotatable bonds is 3. The predicted molar refractivity (Wildman–Crippen MR) is 86.8 cm³/mol. The fourth-order valence-corrected chi connectivity index (χ4v) is 2.50. The quantitative estimate of drug-likeness (QED) is 0.886. The summed E-state index contributed by atoms with van der Waals surface area (Å²) in [6, 6.07) is 3.12. The first-order valence-electron chi connectivity index (χ1n) is 7.97. The van der Waals surface area contributed by atoms with Gasteiger partial charge < -0.3 is 20.1 Å². The third kappa shape index (κ3) is 5.06. The fourth-order valence-electron chi connectivity index (χ4n) is 2.50. The summed E-state index contributed by atoms with van der Waals surface area (Å²) in [6.07, 6.45) is 0.250. The van der Waals surface area contributed by atoms with Crippen LogP contribution in [0.4, 0.5) is 19.3 Å². The van der Waals surface area contributed by atoms with Gasteiger partial charge in [0.1, 0.15) is 17.2 Å². The topological polar surface area (TPSA) is 61.8 Å². The summed E-state index contributed by atoms with van der Waals surface area (Å²) in [5.74, 6) is -1.13.